The molecular formula is C17H11ClFN3O. The second-order valence-corrected chi connectivity index (χ2v) is 5.20. The van der Waals surface area contributed by atoms with Crippen LogP contribution in [0.4, 0.5) is 10.1 Å². The van der Waals surface area contributed by atoms with E-state index in [9.17, 15) is 9.18 Å². The molecule has 1 heterocycles. The van der Waals surface area contributed by atoms with Crippen LogP contribution in [0, 0.1) is 5.82 Å². The molecule has 0 bridgehead atoms. The summed E-state index contributed by atoms with van der Waals surface area (Å²) in [5.41, 5.74) is 1.48. The third-order valence-electron chi connectivity index (χ3n) is 3.10. The van der Waals surface area contributed by atoms with Crippen molar-refractivity contribution in [2.45, 2.75) is 0 Å². The van der Waals surface area contributed by atoms with Crippen LogP contribution in [0.5, 0.6) is 0 Å². The van der Waals surface area contributed by atoms with E-state index in [4.69, 9.17) is 11.6 Å². The number of hydrogen-bond acceptors (Lipinski definition) is 3. The molecule has 1 N–H and O–H groups in total. The molecule has 0 radical (unpaired) electrons. The van der Waals surface area contributed by atoms with Gasteiger partial charge in [0, 0.05) is 28.7 Å². The lowest BCUT2D eigenvalue weighted by molar-refractivity contribution is 0.102. The number of aromatic nitrogens is 2. The number of benzene rings is 2. The minimum Gasteiger partial charge on any atom is -0.322 e. The van der Waals surface area contributed by atoms with E-state index in [1.54, 1.807) is 36.4 Å². The van der Waals surface area contributed by atoms with Crippen LogP contribution in [0.2, 0.25) is 5.02 Å². The molecule has 0 fully saturated rings. The third kappa shape index (κ3) is 3.70. The quantitative estimate of drug-likeness (QED) is 0.784. The Hall–Kier alpha value is -2.79. The smallest absolute Gasteiger partial charge is 0.258 e. The van der Waals surface area contributed by atoms with E-state index in [-0.39, 0.29) is 11.7 Å². The van der Waals surface area contributed by atoms with E-state index in [1.807, 2.05) is 0 Å². The Morgan fingerprint density at radius 3 is 2.39 bits per heavy atom. The first kappa shape index (κ1) is 15.1. The van der Waals surface area contributed by atoms with Crippen LogP contribution in [-0.4, -0.2) is 15.9 Å². The molecule has 3 rings (SSSR count). The maximum Gasteiger partial charge on any atom is 0.258 e. The van der Waals surface area contributed by atoms with Crippen LogP contribution in [-0.2, 0) is 0 Å². The zero-order valence-electron chi connectivity index (χ0n) is 11.8. The Morgan fingerprint density at radius 1 is 1.04 bits per heavy atom. The van der Waals surface area contributed by atoms with Crippen molar-refractivity contribution in [1.29, 1.82) is 0 Å². The second kappa shape index (κ2) is 6.54. The van der Waals surface area contributed by atoms with Crippen LogP contribution in [0.3, 0.4) is 0 Å². The van der Waals surface area contributed by atoms with E-state index in [0.29, 0.717) is 27.7 Å². The highest BCUT2D eigenvalue weighted by Crippen LogP contribution is 2.17. The van der Waals surface area contributed by atoms with Crippen molar-refractivity contribution in [2.75, 3.05) is 5.32 Å². The summed E-state index contributed by atoms with van der Waals surface area (Å²) in [6.07, 6.45) is 2.80. The highest BCUT2D eigenvalue weighted by molar-refractivity contribution is 6.30. The first-order valence-electron chi connectivity index (χ1n) is 6.77. The summed E-state index contributed by atoms with van der Waals surface area (Å²) in [7, 11) is 0. The van der Waals surface area contributed by atoms with Gasteiger partial charge in [0.2, 0.25) is 0 Å². The molecule has 0 unspecified atom stereocenters. The van der Waals surface area contributed by atoms with E-state index in [2.05, 4.69) is 15.3 Å². The highest BCUT2D eigenvalue weighted by atomic mass is 35.5. The number of amides is 1. The van der Waals surface area contributed by atoms with Gasteiger partial charge in [0.05, 0.1) is 5.56 Å². The van der Waals surface area contributed by atoms with E-state index < -0.39 is 0 Å². The topological polar surface area (TPSA) is 54.9 Å². The molecular weight excluding hydrogens is 317 g/mol. The normalized spacial score (nSPS) is 10.3. The molecule has 0 saturated heterocycles. The van der Waals surface area contributed by atoms with Gasteiger partial charge < -0.3 is 5.32 Å². The van der Waals surface area contributed by atoms with Crippen LogP contribution >= 0.6 is 11.6 Å². The largest absolute Gasteiger partial charge is 0.322 e. The average molecular weight is 328 g/mol. The predicted octanol–water partition coefficient (Wildman–Crippen LogP) is 4.19. The van der Waals surface area contributed by atoms with Crippen LogP contribution < -0.4 is 5.32 Å². The summed E-state index contributed by atoms with van der Waals surface area (Å²) in [6.45, 7) is 0. The van der Waals surface area contributed by atoms with Gasteiger partial charge in [0.25, 0.3) is 5.91 Å². The number of carbonyl (C=O) groups excluding carboxylic acids is 1. The molecule has 6 heteroatoms. The average Bonchev–Trinajstić information content (AvgIpc) is 2.57. The molecule has 3 aromatic rings. The fourth-order valence-electron chi connectivity index (χ4n) is 1.96. The molecule has 0 aliphatic rings. The zero-order chi connectivity index (χ0) is 16.2. The number of nitrogens with one attached hydrogen (secondary N) is 1. The fourth-order valence-corrected chi connectivity index (χ4v) is 2.08. The molecule has 1 aromatic heterocycles. The number of carbonyl (C=O) groups is 1. The Balaban J connectivity index is 1.76. The molecule has 114 valence electrons. The lowest BCUT2D eigenvalue weighted by Crippen LogP contribution is -2.12. The molecule has 0 spiro atoms. The molecule has 1 amide bonds. The number of hydrogen-bond donors (Lipinski definition) is 1. The van der Waals surface area contributed by atoms with Crippen molar-refractivity contribution in [2.24, 2.45) is 0 Å². The molecule has 0 aliphatic heterocycles. The monoisotopic (exact) mass is 327 g/mol. The summed E-state index contributed by atoms with van der Waals surface area (Å²) in [5.74, 6) is -0.346. The maximum atomic E-state index is 13.2. The molecule has 0 atom stereocenters. The molecule has 0 aliphatic carbocycles. The Morgan fingerprint density at radius 2 is 1.74 bits per heavy atom. The summed E-state index contributed by atoms with van der Waals surface area (Å²) in [5, 5.41) is 3.30. The lowest BCUT2D eigenvalue weighted by atomic mass is 10.2. The summed E-state index contributed by atoms with van der Waals surface area (Å²) in [6, 6.07) is 12.7. The minimum absolute atomic E-state index is 0.306. The third-order valence-corrected chi connectivity index (χ3v) is 3.35. The van der Waals surface area contributed by atoms with E-state index >= 15 is 0 Å². The molecule has 2 aromatic carbocycles. The van der Waals surface area contributed by atoms with Gasteiger partial charge >= 0.3 is 0 Å². The van der Waals surface area contributed by atoms with Gasteiger partial charge in [0.15, 0.2) is 5.82 Å². The standard InChI is InChI=1S/C17H11ClFN3O/c18-13-4-6-15(7-5-13)22-17(23)12-9-20-16(21-10-12)11-2-1-3-14(19)8-11/h1-10H,(H,22,23). The highest BCUT2D eigenvalue weighted by Gasteiger charge is 2.09. The summed E-state index contributed by atoms with van der Waals surface area (Å²) >= 11 is 5.79. The van der Waals surface area contributed by atoms with Gasteiger partial charge in [-0.25, -0.2) is 14.4 Å². The van der Waals surface area contributed by atoms with Crippen molar-refractivity contribution >= 4 is 23.2 Å². The minimum atomic E-state index is -0.365. The van der Waals surface area contributed by atoms with Gasteiger partial charge in [-0.3, -0.25) is 4.79 Å². The van der Waals surface area contributed by atoms with Gasteiger partial charge in [-0.05, 0) is 36.4 Å². The predicted molar refractivity (Wildman–Crippen MR) is 86.8 cm³/mol. The van der Waals surface area contributed by atoms with Crippen LogP contribution in [0.25, 0.3) is 11.4 Å². The molecule has 4 nitrogen and oxygen atoms in total. The van der Waals surface area contributed by atoms with Gasteiger partial charge in [-0.15, -0.1) is 0 Å². The van der Waals surface area contributed by atoms with Gasteiger partial charge in [-0.2, -0.15) is 0 Å². The first-order valence-corrected chi connectivity index (χ1v) is 7.14. The Labute approximate surface area is 137 Å². The number of anilines is 1. The number of nitrogens with zero attached hydrogens (tertiary/aromatic N) is 2. The maximum absolute atomic E-state index is 13.2. The summed E-state index contributed by atoms with van der Waals surface area (Å²) < 4.78 is 13.2. The van der Waals surface area contributed by atoms with Crippen molar-refractivity contribution < 1.29 is 9.18 Å². The molecule has 23 heavy (non-hydrogen) atoms. The lowest BCUT2D eigenvalue weighted by Gasteiger charge is -2.05. The fraction of sp³-hybridized carbons (Fsp3) is 0. The van der Waals surface area contributed by atoms with Crippen molar-refractivity contribution in [3.05, 3.63) is 77.3 Å². The van der Waals surface area contributed by atoms with E-state index in [1.165, 1.54) is 24.5 Å². The van der Waals surface area contributed by atoms with E-state index in [0.717, 1.165) is 0 Å². The van der Waals surface area contributed by atoms with Crippen LogP contribution in [0.1, 0.15) is 10.4 Å². The van der Waals surface area contributed by atoms with Crippen molar-refractivity contribution in [3.8, 4) is 11.4 Å². The number of halogens is 2. The second-order valence-electron chi connectivity index (χ2n) is 4.77. The van der Waals surface area contributed by atoms with Gasteiger partial charge in [0.1, 0.15) is 5.82 Å². The number of rotatable bonds is 3. The van der Waals surface area contributed by atoms with Crippen molar-refractivity contribution in [3.63, 3.8) is 0 Å². The Bertz CT molecular complexity index is 835. The SMILES string of the molecule is O=C(Nc1ccc(Cl)cc1)c1cnc(-c2cccc(F)c2)nc1. The van der Waals surface area contributed by atoms with Crippen LogP contribution in [0.15, 0.2) is 60.9 Å². The van der Waals surface area contributed by atoms with Gasteiger partial charge in [-0.1, -0.05) is 23.7 Å². The molecule has 0 saturated carbocycles. The summed E-state index contributed by atoms with van der Waals surface area (Å²) in [4.78, 5) is 20.3. The van der Waals surface area contributed by atoms with Crippen molar-refractivity contribution in [1.82, 2.24) is 9.97 Å². The zero-order valence-corrected chi connectivity index (χ0v) is 12.6. The Kier molecular flexibility index (Phi) is 4.30. The first-order chi connectivity index (χ1) is 11.1.